The number of anilines is 1. The third-order valence-corrected chi connectivity index (χ3v) is 5.87. The van der Waals surface area contributed by atoms with Gasteiger partial charge in [-0.15, -0.1) is 0 Å². The molecule has 3 rings (SSSR count). The van der Waals surface area contributed by atoms with Gasteiger partial charge in [-0.1, -0.05) is 17.7 Å². The van der Waals surface area contributed by atoms with Gasteiger partial charge in [0.2, 0.25) is 0 Å². The molecule has 0 saturated carbocycles. The van der Waals surface area contributed by atoms with E-state index in [1.54, 1.807) is 35.2 Å². The van der Waals surface area contributed by atoms with Crippen LogP contribution in [0.2, 0.25) is 5.02 Å². The topological polar surface area (TPSA) is 66.5 Å². The first-order valence-electron chi connectivity index (χ1n) is 8.05. The van der Waals surface area contributed by atoms with E-state index >= 15 is 0 Å². The molecule has 0 atom stereocenters. The molecular weight excluding hydrogens is 360 g/mol. The summed E-state index contributed by atoms with van der Waals surface area (Å²) in [5.74, 6) is -0.112. The maximum Gasteiger partial charge on any atom is 0.261 e. The summed E-state index contributed by atoms with van der Waals surface area (Å²) in [6.45, 7) is 3.25. The summed E-state index contributed by atoms with van der Waals surface area (Å²) in [7, 11) is -3.79. The number of carbonyl (C=O) groups is 1. The van der Waals surface area contributed by atoms with Crippen LogP contribution >= 0.6 is 11.6 Å². The van der Waals surface area contributed by atoms with E-state index < -0.39 is 10.0 Å². The van der Waals surface area contributed by atoms with Crippen molar-refractivity contribution >= 4 is 33.2 Å². The summed E-state index contributed by atoms with van der Waals surface area (Å²) in [6.07, 6.45) is 1.97. The molecular formula is C18H19ClN2O3S. The molecule has 1 N–H and O–H groups in total. The molecule has 1 amide bonds. The number of sulfonamides is 1. The summed E-state index contributed by atoms with van der Waals surface area (Å²) < 4.78 is 27.8. The number of likely N-dealkylation sites (tertiary alicyclic amines) is 1. The summed E-state index contributed by atoms with van der Waals surface area (Å²) in [5.41, 5.74) is 1.61. The van der Waals surface area contributed by atoms with Gasteiger partial charge < -0.3 is 4.90 Å². The highest BCUT2D eigenvalue weighted by Crippen LogP contribution is 2.22. The normalized spacial score (nSPS) is 14.6. The maximum absolute atomic E-state index is 12.6. The van der Waals surface area contributed by atoms with E-state index in [2.05, 4.69) is 4.72 Å². The third-order valence-electron chi connectivity index (χ3n) is 4.24. The predicted molar refractivity (Wildman–Crippen MR) is 98.6 cm³/mol. The van der Waals surface area contributed by atoms with Crippen LogP contribution in [0.4, 0.5) is 5.69 Å². The second-order valence-electron chi connectivity index (χ2n) is 6.09. The van der Waals surface area contributed by atoms with Crippen LogP contribution < -0.4 is 4.72 Å². The fourth-order valence-corrected chi connectivity index (χ4v) is 4.03. The van der Waals surface area contributed by atoms with E-state index in [1.165, 1.54) is 12.1 Å². The van der Waals surface area contributed by atoms with Crippen LogP contribution in [0.5, 0.6) is 0 Å². The van der Waals surface area contributed by atoms with Crippen molar-refractivity contribution in [3.8, 4) is 0 Å². The number of hydrogen-bond acceptors (Lipinski definition) is 3. The molecule has 0 bridgehead atoms. The van der Waals surface area contributed by atoms with Crippen LogP contribution in [0.15, 0.2) is 47.4 Å². The Morgan fingerprint density at radius 1 is 1.08 bits per heavy atom. The molecule has 5 nitrogen and oxygen atoms in total. The van der Waals surface area contributed by atoms with E-state index in [0.29, 0.717) is 16.3 Å². The Labute approximate surface area is 152 Å². The van der Waals surface area contributed by atoms with E-state index in [4.69, 9.17) is 11.6 Å². The Morgan fingerprint density at radius 2 is 1.72 bits per heavy atom. The number of carbonyl (C=O) groups excluding carboxylic acids is 1. The highest BCUT2D eigenvalue weighted by atomic mass is 35.5. The molecule has 1 aliphatic heterocycles. The van der Waals surface area contributed by atoms with Crippen LogP contribution in [0.1, 0.15) is 28.8 Å². The molecule has 132 valence electrons. The standard InChI is InChI=1S/C18H19ClN2O3S/c1-13-4-9-16(12-17(13)18(22)21-10-2-3-11-21)25(23,24)20-15-7-5-14(19)6-8-15/h4-9,12,20H,2-3,10-11H2,1H3. The first kappa shape index (κ1) is 17.8. The van der Waals surface area contributed by atoms with Gasteiger partial charge in [-0.2, -0.15) is 0 Å². The van der Waals surface area contributed by atoms with Crippen molar-refractivity contribution in [3.63, 3.8) is 0 Å². The quantitative estimate of drug-likeness (QED) is 0.882. The average molecular weight is 379 g/mol. The Morgan fingerprint density at radius 3 is 2.36 bits per heavy atom. The van der Waals surface area contributed by atoms with Crippen molar-refractivity contribution < 1.29 is 13.2 Å². The van der Waals surface area contributed by atoms with Crippen molar-refractivity contribution in [1.82, 2.24) is 4.90 Å². The molecule has 0 aliphatic carbocycles. The number of nitrogens with zero attached hydrogens (tertiary/aromatic N) is 1. The summed E-state index contributed by atoms with van der Waals surface area (Å²) in [5, 5.41) is 0.525. The molecule has 0 spiro atoms. The second kappa shape index (κ2) is 7.06. The summed E-state index contributed by atoms with van der Waals surface area (Å²) in [4.78, 5) is 14.5. The smallest absolute Gasteiger partial charge is 0.261 e. The van der Waals surface area contributed by atoms with E-state index in [1.807, 2.05) is 6.92 Å². The molecule has 1 fully saturated rings. The third kappa shape index (κ3) is 3.96. The minimum atomic E-state index is -3.79. The monoisotopic (exact) mass is 378 g/mol. The number of hydrogen-bond donors (Lipinski definition) is 1. The molecule has 2 aromatic carbocycles. The van der Waals surface area contributed by atoms with E-state index in [9.17, 15) is 13.2 Å². The Bertz CT molecular complexity index is 889. The minimum Gasteiger partial charge on any atom is -0.339 e. The van der Waals surface area contributed by atoms with Crippen LogP contribution in [0.3, 0.4) is 0 Å². The fraction of sp³-hybridized carbons (Fsp3) is 0.278. The number of halogens is 1. The molecule has 2 aromatic rings. The van der Waals surface area contributed by atoms with Gasteiger partial charge in [0.05, 0.1) is 4.90 Å². The second-order valence-corrected chi connectivity index (χ2v) is 8.21. The molecule has 1 aliphatic rings. The van der Waals surface area contributed by atoms with E-state index in [0.717, 1.165) is 31.5 Å². The SMILES string of the molecule is Cc1ccc(S(=O)(=O)Nc2ccc(Cl)cc2)cc1C(=O)N1CCCC1. The summed E-state index contributed by atoms with van der Waals surface area (Å²) >= 11 is 5.82. The van der Waals surface area contributed by atoms with E-state index in [-0.39, 0.29) is 10.8 Å². The van der Waals surface area contributed by atoms with Crippen LogP contribution in [0.25, 0.3) is 0 Å². The lowest BCUT2D eigenvalue weighted by Gasteiger charge is -2.17. The zero-order valence-electron chi connectivity index (χ0n) is 13.8. The largest absolute Gasteiger partial charge is 0.339 e. The Kier molecular flexibility index (Phi) is 5.01. The predicted octanol–water partition coefficient (Wildman–Crippen LogP) is 3.69. The van der Waals surface area contributed by atoms with Gasteiger partial charge in [0, 0.05) is 29.4 Å². The van der Waals surface area contributed by atoms with Crippen LogP contribution in [0, 0.1) is 6.92 Å². The molecule has 1 heterocycles. The Balaban J connectivity index is 1.89. The highest BCUT2D eigenvalue weighted by molar-refractivity contribution is 7.92. The van der Waals surface area contributed by atoms with Gasteiger partial charge in [0.1, 0.15) is 0 Å². The first-order chi connectivity index (χ1) is 11.9. The molecule has 7 heteroatoms. The van der Waals surface area contributed by atoms with Gasteiger partial charge >= 0.3 is 0 Å². The minimum absolute atomic E-state index is 0.0654. The number of nitrogens with one attached hydrogen (secondary N) is 1. The van der Waals surface area contributed by atoms with Crippen molar-refractivity contribution in [1.29, 1.82) is 0 Å². The van der Waals surface area contributed by atoms with Crippen molar-refractivity contribution in [2.75, 3.05) is 17.8 Å². The molecule has 25 heavy (non-hydrogen) atoms. The summed E-state index contributed by atoms with van der Waals surface area (Å²) in [6, 6.07) is 11.0. The Hall–Kier alpha value is -2.05. The van der Waals surface area contributed by atoms with Gasteiger partial charge in [0.25, 0.3) is 15.9 Å². The van der Waals surface area contributed by atoms with Gasteiger partial charge in [-0.25, -0.2) is 8.42 Å². The van der Waals surface area contributed by atoms with Crippen molar-refractivity contribution in [2.45, 2.75) is 24.7 Å². The molecule has 0 aromatic heterocycles. The lowest BCUT2D eigenvalue weighted by atomic mass is 10.1. The number of amides is 1. The average Bonchev–Trinajstić information content (AvgIpc) is 3.11. The van der Waals surface area contributed by atoms with Gasteiger partial charge in [-0.3, -0.25) is 9.52 Å². The lowest BCUT2D eigenvalue weighted by Crippen LogP contribution is -2.28. The molecule has 0 unspecified atom stereocenters. The molecule has 1 saturated heterocycles. The number of aryl methyl sites for hydroxylation is 1. The zero-order valence-corrected chi connectivity index (χ0v) is 15.4. The van der Waals surface area contributed by atoms with Crippen LogP contribution in [-0.2, 0) is 10.0 Å². The zero-order chi connectivity index (χ0) is 18.0. The lowest BCUT2D eigenvalue weighted by molar-refractivity contribution is 0.0792. The maximum atomic E-state index is 12.6. The number of rotatable bonds is 4. The van der Waals surface area contributed by atoms with Crippen molar-refractivity contribution in [3.05, 3.63) is 58.6 Å². The van der Waals surface area contributed by atoms with Gasteiger partial charge in [0.15, 0.2) is 0 Å². The number of benzene rings is 2. The fourth-order valence-electron chi connectivity index (χ4n) is 2.82. The first-order valence-corrected chi connectivity index (χ1v) is 9.91. The van der Waals surface area contributed by atoms with Crippen molar-refractivity contribution in [2.24, 2.45) is 0 Å². The molecule has 0 radical (unpaired) electrons. The highest BCUT2D eigenvalue weighted by Gasteiger charge is 2.23. The van der Waals surface area contributed by atoms with Crippen LogP contribution in [-0.4, -0.2) is 32.3 Å². The van der Waals surface area contributed by atoms with Gasteiger partial charge in [-0.05, 0) is 61.7 Å².